The Morgan fingerprint density at radius 3 is 2.69 bits per heavy atom. The third-order valence-electron chi connectivity index (χ3n) is 1.72. The highest BCUT2D eigenvalue weighted by Gasteiger charge is 2.04. The Kier molecular flexibility index (Phi) is 4.15. The lowest BCUT2D eigenvalue weighted by molar-refractivity contribution is 0.569. The van der Waals surface area contributed by atoms with Crippen molar-refractivity contribution in [3.05, 3.63) is 35.9 Å². The van der Waals surface area contributed by atoms with Gasteiger partial charge in [0.2, 0.25) is 0 Å². The van der Waals surface area contributed by atoms with E-state index < -0.39 is 0 Å². The normalized spacial score (nSPS) is 13.4. The lowest BCUT2D eigenvalue weighted by Crippen LogP contribution is -2.26. The molecule has 0 spiro atoms. The largest absolute Gasteiger partial charge is 0.318 e. The molecule has 0 saturated carbocycles. The van der Waals surface area contributed by atoms with Crippen LogP contribution in [0.15, 0.2) is 35.3 Å². The zero-order valence-electron chi connectivity index (χ0n) is 7.77. The van der Waals surface area contributed by atoms with Crippen LogP contribution in [-0.2, 0) is 0 Å². The van der Waals surface area contributed by atoms with Crippen molar-refractivity contribution in [3.63, 3.8) is 0 Å². The highest BCUT2D eigenvalue weighted by atomic mass is 15.1. The van der Waals surface area contributed by atoms with Crippen molar-refractivity contribution < 1.29 is 0 Å². The summed E-state index contributed by atoms with van der Waals surface area (Å²) in [6.45, 7) is 2.32. The Morgan fingerprint density at radius 2 is 2.15 bits per heavy atom. The zero-order valence-corrected chi connectivity index (χ0v) is 7.77. The first-order chi connectivity index (χ1) is 6.38. The van der Waals surface area contributed by atoms with Crippen molar-refractivity contribution in [2.45, 2.75) is 13.1 Å². The van der Waals surface area contributed by atoms with Crippen molar-refractivity contribution in [1.82, 2.24) is 5.32 Å². The fourth-order valence-electron chi connectivity index (χ4n) is 1.15. The van der Waals surface area contributed by atoms with Crippen LogP contribution in [0, 0.1) is 0 Å². The van der Waals surface area contributed by atoms with Crippen molar-refractivity contribution in [1.29, 1.82) is 0 Å². The fourth-order valence-corrected chi connectivity index (χ4v) is 1.15. The molecule has 0 aromatic heterocycles. The van der Waals surface area contributed by atoms with Crippen molar-refractivity contribution >= 4 is 6.21 Å². The Hall–Kier alpha value is -1.19. The topological polar surface area (TPSA) is 50.4 Å². The monoisotopic (exact) mass is 177 g/mol. The van der Waals surface area contributed by atoms with E-state index in [0.29, 0.717) is 6.67 Å². The predicted octanol–water partition coefficient (Wildman–Crippen LogP) is 1.28. The summed E-state index contributed by atoms with van der Waals surface area (Å²) >= 11 is 0. The summed E-state index contributed by atoms with van der Waals surface area (Å²) in [4.78, 5) is 4.27. The summed E-state index contributed by atoms with van der Waals surface area (Å²) < 4.78 is 0. The lowest BCUT2D eigenvalue weighted by atomic mass is 10.2. The molecular formula is C10H15N3. The van der Waals surface area contributed by atoms with Crippen LogP contribution < -0.4 is 11.1 Å². The van der Waals surface area contributed by atoms with Gasteiger partial charge in [-0.1, -0.05) is 30.3 Å². The van der Waals surface area contributed by atoms with Gasteiger partial charge in [-0.15, -0.1) is 0 Å². The Balaban J connectivity index is 2.76. The smallest absolute Gasteiger partial charge is 0.126 e. The first-order valence-electron chi connectivity index (χ1n) is 4.34. The van der Waals surface area contributed by atoms with Crippen LogP contribution in [0.3, 0.4) is 0 Å². The van der Waals surface area contributed by atoms with Gasteiger partial charge in [0.05, 0.1) is 0 Å². The summed E-state index contributed by atoms with van der Waals surface area (Å²) in [5, 5.41) is 3.08. The molecule has 70 valence electrons. The molecule has 1 aromatic carbocycles. The molecule has 13 heavy (non-hydrogen) atoms. The van der Waals surface area contributed by atoms with Gasteiger partial charge in [0.15, 0.2) is 0 Å². The Bertz CT molecular complexity index is 256. The van der Waals surface area contributed by atoms with Gasteiger partial charge in [0.25, 0.3) is 0 Å². The van der Waals surface area contributed by atoms with Gasteiger partial charge in [-0.05, 0) is 18.7 Å². The van der Waals surface area contributed by atoms with Gasteiger partial charge >= 0.3 is 0 Å². The molecule has 0 fully saturated rings. The third kappa shape index (κ3) is 2.97. The third-order valence-corrected chi connectivity index (χ3v) is 1.72. The van der Waals surface area contributed by atoms with E-state index in [1.807, 2.05) is 37.3 Å². The maximum absolute atomic E-state index is 5.41. The molecule has 0 aliphatic rings. The summed E-state index contributed by atoms with van der Waals surface area (Å²) in [6.07, 6.45) is 1.76. The Labute approximate surface area is 78.7 Å². The minimum atomic E-state index is -0.0174. The highest BCUT2D eigenvalue weighted by molar-refractivity contribution is 5.53. The van der Waals surface area contributed by atoms with E-state index in [1.54, 1.807) is 6.21 Å². The molecule has 3 N–H and O–H groups in total. The van der Waals surface area contributed by atoms with Crippen LogP contribution in [0.25, 0.3) is 0 Å². The second-order valence-electron chi connectivity index (χ2n) is 2.63. The summed E-state index contributed by atoms with van der Waals surface area (Å²) in [7, 11) is 0. The maximum atomic E-state index is 5.41. The van der Waals surface area contributed by atoms with Crippen LogP contribution in [0.1, 0.15) is 18.7 Å². The summed E-state index contributed by atoms with van der Waals surface area (Å²) in [6, 6.07) is 10.0. The molecule has 1 aromatic rings. The van der Waals surface area contributed by atoms with E-state index in [1.165, 1.54) is 0 Å². The quantitative estimate of drug-likeness (QED) is 0.537. The number of nitrogens with zero attached hydrogens (tertiary/aromatic N) is 1. The number of nitrogens with one attached hydrogen (secondary N) is 1. The first kappa shape index (κ1) is 9.89. The molecule has 0 bridgehead atoms. The van der Waals surface area contributed by atoms with E-state index in [-0.39, 0.29) is 6.17 Å². The van der Waals surface area contributed by atoms with Gasteiger partial charge in [-0.25, -0.2) is 0 Å². The molecule has 1 unspecified atom stereocenters. The van der Waals surface area contributed by atoms with E-state index >= 15 is 0 Å². The minimum absolute atomic E-state index is 0.0174. The average Bonchev–Trinajstić information content (AvgIpc) is 2.19. The Morgan fingerprint density at radius 1 is 1.46 bits per heavy atom. The van der Waals surface area contributed by atoms with Crippen LogP contribution in [-0.4, -0.2) is 12.9 Å². The summed E-state index contributed by atoms with van der Waals surface area (Å²) in [5.41, 5.74) is 6.54. The molecular weight excluding hydrogens is 162 g/mol. The second-order valence-corrected chi connectivity index (χ2v) is 2.63. The van der Waals surface area contributed by atoms with Gasteiger partial charge in [0, 0.05) is 6.67 Å². The molecule has 1 atom stereocenters. The van der Waals surface area contributed by atoms with E-state index in [4.69, 9.17) is 5.73 Å². The lowest BCUT2D eigenvalue weighted by Gasteiger charge is -2.12. The van der Waals surface area contributed by atoms with Crippen molar-refractivity contribution in [3.8, 4) is 0 Å². The van der Waals surface area contributed by atoms with Gasteiger partial charge < -0.3 is 5.73 Å². The highest BCUT2D eigenvalue weighted by Crippen LogP contribution is 2.12. The van der Waals surface area contributed by atoms with Crippen LogP contribution in [0.5, 0.6) is 0 Å². The SMILES string of the molecule is C/C=N/C(NCN)c1ccccc1. The van der Waals surface area contributed by atoms with Crippen LogP contribution in [0.2, 0.25) is 0 Å². The molecule has 1 rings (SSSR count). The molecule has 0 amide bonds. The predicted molar refractivity (Wildman–Crippen MR) is 55.5 cm³/mol. The molecule has 0 aliphatic carbocycles. The maximum Gasteiger partial charge on any atom is 0.126 e. The number of rotatable bonds is 4. The average molecular weight is 177 g/mol. The minimum Gasteiger partial charge on any atom is -0.318 e. The van der Waals surface area contributed by atoms with Crippen LogP contribution in [0.4, 0.5) is 0 Å². The molecule has 0 saturated heterocycles. The number of nitrogens with two attached hydrogens (primary N) is 1. The van der Waals surface area contributed by atoms with Gasteiger partial charge in [0.1, 0.15) is 6.17 Å². The van der Waals surface area contributed by atoms with Gasteiger partial charge in [-0.3, -0.25) is 10.3 Å². The number of hydrogen-bond acceptors (Lipinski definition) is 3. The molecule has 0 aliphatic heterocycles. The van der Waals surface area contributed by atoms with Crippen molar-refractivity contribution in [2.75, 3.05) is 6.67 Å². The van der Waals surface area contributed by atoms with Gasteiger partial charge in [-0.2, -0.15) is 0 Å². The van der Waals surface area contributed by atoms with Crippen LogP contribution >= 0.6 is 0 Å². The zero-order chi connectivity index (χ0) is 9.52. The van der Waals surface area contributed by atoms with E-state index in [2.05, 4.69) is 10.3 Å². The van der Waals surface area contributed by atoms with E-state index in [9.17, 15) is 0 Å². The molecule has 0 radical (unpaired) electrons. The molecule has 3 nitrogen and oxygen atoms in total. The molecule has 0 heterocycles. The number of benzene rings is 1. The summed E-state index contributed by atoms with van der Waals surface area (Å²) in [5.74, 6) is 0. The fraction of sp³-hybridized carbons (Fsp3) is 0.300. The van der Waals surface area contributed by atoms with E-state index in [0.717, 1.165) is 5.56 Å². The standard InChI is InChI=1S/C10H15N3/c1-2-12-10(13-8-11)9-6-4-3-5-7-9/h2-7,10,13H,8,11H2,1H3/b12-2+. The first-order valence-corrected chi connectivity index (χ1v) is 4.34. The second kappa shape index (κ2) is 5.45. The van der Waals surface area contributed by atoms with Crippen molar-refractivity contribution in [2.24, 2.45) is 10.7 Å². The molecule has 3 heteroatoms. The number of hydrogen-bond donors (Lipinski definition) is 2. The number of aliphatic imine (C=N–C) groups is 1.